The van der Waals surface area contributed by atoms with Crippen LogP contribution in [0.15, 0.2) is 61.3 Å². The predicted molar refractivity (Wildman–Crippen MR) is 89.7 cm³/mol. The van der Waals surface area contributed by atoms with Crippen molar-refractivity contribution >= 4 is 16.8 Å². The predicted octanol–water partition coefficient (Wildman–Crippen LogP) is 3.97. The quantitative estimate of drug-likeness (QED) is 0.802. The minimum atomic E-state index is 0.0491. The monoisotopic (exact) mass is 292 g/mol. The first-order chi connectivity index (χ1) is 10.7. The Hall–Kier alpha value is -2.42. The Bertz CT molecular complexity index is 730. The summed E-state index contributed by atoms with van der Waals surface area (Å²) in [5.74, 6) is 0.0491. The maximum atomic E-state index is 13.1. The van der Waals surface area contributed by atoms with Crippen molar-refractivity contribution in [3.05, 3.63) is 66.9 Å². The number of hydrogen-bond acceptors (Lipinski definition) is 2. The average molecular weight is 292 g/mol. The second kappa shape index (κ2) is 6.14. The van der Waals surface area contributed by atoms with Crippen molar-refractivity contribution < 1.29 is 4.79 Å². The van der Waals surface area contributed by atoms with E-state index in [1.165, 1.54) is 0 Å². The molecule has 1 amide bonds. The highest BCUT2D eigenvalue weighted by Crippen LogP contribution is 2.25. The molecule has 2 heterocycles. The Labute approximate surface area is 131 Å². The van der Waals surface area contributed by atoms with Gasteiger partial charge in [-0.3, -0.25) is 9.78 Å². The SMILES string of the molecule is C=CC[C@@H]1CC=C[C@@H](C)N1C(=O)c1cccc2cccnc12. The van der Waals surface area contributed by atoms with Gasteiger partial charge < -0.3 is 4.90 Å². The lowest BCUT2D eigenvalue weighted by atomic mass is 9.98. The lowest BCUT2D eigenvalue weighted by molar-refractivity contribution is 0.0624. The lowest BCUT2D eigenvalue weighted by Crippen LogP contribution is -2.46. The molecule has 0 aliphatic carbocycles. The van der Waals surface area contributed by atoms with E-state index in [4.69, 9.17) is 0 Å². The number of nitrogens with zero attached hydrogens (tertiary/aromatic N) is 2. The van der Waals surface area contributed by atoms with Crippen LogP contribution >= 0.6 is 0 Å². The third-order valence-electron chi connectivity index (χ3n) is 4.19. The van der Waals surface area contributed by atoms with Gasteiger partial charge in [-0.2, -0.15) is 0 Å². The van der Waals surface area contributed by atoms with Crippen LogP contribution in [0.3, 0.4) is 0 Å². The zero-order valence-electron chi connectivity index (χ0n) is 12.8. The van der Waals surface area contributed by atoms with Crippen molar-refractivity contribution in [3.8, 4) is 0 Å². The molecule has 0 fully saturated rings. The maximum Gasteiger partial charge on any atom is 0.256 e. The molecule has 1 aromatic heterocycles. The van der Waals surface area contributed by atoms with E-state index >= 15 is 0 Å². The Kier molecular flexibility index (Phi) is 4.05. The summed E-state index contributed by atoms with van der Waals surface area (Å²) in [6.45, 7) is 5.88. The summed E-state index contributed by atoms with van der Waals surface area (Å²) in [5, 5.41) is 0.994. The van der Waals surface area contributed by atoms with Gasteiger partial charge in [0, 0.05) is 23.7 Å². The number of carbonyl (C=O) groups is 1. The summed E-state index contributed by atoms with van der Waals surface area (Å²) in [5.41, 5.74) is 1.45. The van der Waals surface area contributed by atoms with Gasteiger partial charge in [0.15, 0.2) is 0 Å². The molecule has 0 saturated heterocycles. The minimum absolute atomic E-state index is 0.0491. The van der Waals surface area contributed by atoms with Crippen molar-refractivity contribution in [1.29, 1.82) is 0 Å². The van der Waals surface area contributed by atoms with Crippen LogP contribution in [0.2, 0.25) is 0 Å². The van der Waals surface area contributed by atoms with Crippen LogP contribution in [0.1, 0.15) is 30.1 Å². The van der Waals surface area contributed by atoms with E-state index in [1.807, 2.05) is 41.3 Å². The van der Waals surface area contributed by atoms with Crippen molar-refractivity contribution in [1.82, 2.24) is 9.88 Å². The normalized spacial score (nSPS) is 21.0. The molecule has 0 spiro atoms. The fourth-order valence-electron chi connectivity index (χ4n) is 3.14. The number of fused-ring (bicyclic) bond motifs is 1. The topological polar surface area (TPSA) is 33.2 Å². The molecule has 2 atom stereocenters. The van der Waals surface area contributed by atoms with Crippen molar-refractivity contribution in [3.63, 3.8) is 0 Å². The van der Waals surface area contributed by atoms with E-state index < -0.39 is 0 Å². The Morgan fingerprint density at radius 3 is 3.05 bits per heavy atom. The van der Waals surface area contributed by atoms with E-state index in [2.05, 4.69) is 30.6 Å². The summed E-state index contributed by atoms with van der Waals surface area (Å²) in [6.07, 6.45) is 9.55. The van der Waals surface area contributed by atoms with Crippen LogP contribution < -0.4 is 0 Å². The first-order valence-electron chi connectivity index (χ1n) is 7.66. The van der Waals surface area contributed by atoms with Crippen LogP contribution in [-0.2, 0) is 0 Å². The molecule has 3 nitrogen and oxygen atoms in total. The van der Waals surface area contributed by atoms with E-state index in [0.29, 0.717) is 5.56 Å². The molecule has 3 heteroatoms. The number of benzene rings is 1. The van der Waals surface area contributed by atoms with Crippen molar-refractivity contribution in [2.45, 2.75) is 31.8 Å². The van der Waals surface area contributed by atoms with E-state index in [0.717, 1.165) is 23.7 Å². The summed E-state index contributed by atoms with van der Waals surface area (Å²) in [6, 6.07) is 9.91. The lowest BCUT2D eigenvalue weighted by Gasteiger charge is -2.37. The molecule has 112 valence electrons. The molecule has 0 radical (unpaired) electrons. The number of carbonyl (C=O) groups excluding carboxylic acids is 1. The van der Waals surface area contributed by atoms with Gasteiger partial charge in [-0.05, 0) is 31.9 Å². The van der Waals surface area contributed by atoms with Gasteiger partial charge in [0.25, 0.3) is 5.91 Å². The molecule has 0 bridgehead atoms. The van der Waals surface area contributed by atoms with Gasteiger partial charge in [0.2, 0.25) is 0 Å². The summed E-state index contributed by atoms with van der Waals surface area (Å²) < 4.78 is 0. The molecular formula is C19H20N2O. The molecule has 3 rings (SSSR count). The van der Waals surface area contributed by atoms with E-state index in [9.17, 15) is 4.79 Å². The molecule has 0 saturated carbocycles. The summed E-state index contributed by atoms with van der Waals surface area (Å²) in [4.78, 5) is 19.5. The maximum absolute atomic E-state index is 13.1. The third kappa shape index (κ3) is 2.54. The fraction of sp³-hybridized carbons (Fsp3) is 0.263. The number of rotatable bonds is 3. The number of para-hydroxylation sites is 1. The van der Waals surface area contributed by atoms with Gasteiger partial charge in [-0.1, -0.05) is 36.4 Å². The van der Waals surface area contributed by atoms with E-state index in [1.54, 1.807) is 6.20 Å². The second-order valence-electron chi connectivity index (χ2n) is 5.68. The van der Waals surface area contributed by atoms with Gasteiger partial charge in [-0.25, -0.2) is 0 Å². The zero-order valence-corrected chi connectivity index (χ0v) is 12.8. The van der Waals surface area contributed by atoms with Gasteiger partial charge in [0.1, 0.15) is 0 Å². The summed E-state index contributed by atoms with van der Waals surface area (Å²) >= 11 is 0. The molecule has 1 aliphatic rings. The van der Waals surface area contributed by atoms with Crippen molar-refractivity contribution in [2.24, 2.45) is 0 Å². The number of amides is 1. The second-order valence-corrected chi connectivity index (χ2v) is 5.68. The largest absolute Gasteiger partial charge is 0.329 e. The van der Waals surface area contributed by atoms with Crippen molar-refractivity contribution in [2.75, 3.05) is 0 Å². The standard InChI is InChI=1S/C19H20N2O/c1-3-7-16-11-4-8-14(2)21(16)19(22)17-12-5-9-15-10-6-13-20-18(15)17/h3-6,8-10,12-14,16H,1,7,11H2,2H3/t14-,16-/m1/s1. The first-order valence-corrected chi connectivity index (χ1v) is 7.66. The molecule has 1 aliphatic heterocycles. The minimum Gasteiger partial charge on any atom is -0.329 e. The van der Waals surface area contributed by atoms with Crippen LogP contribution in [0.25, 0.3) is 10.9 Å². The first kappa shape index (κ1) is 14.5. The molecule has 0 unspecified atom stereocenters. The highest BCUT2D eigenvalue weighted by Gasteiger charge is 2.30. The molecule has 1 aromatic carbocycles. The highest BCUT2D eigenvalue weighted by atomic mass is 16.2. The van der Waals surface area contributed by atoms with Crippen LogP contribution in [0.5, 0.6) is 0 Å². The third-order valence-corrected chi connectivity index (χ3v) is 4.19. The zero-order chi connectivity index (χ0) is 15.5. The number of pyridine rings is 1. The molecule has 22 heavy (non-hydrogen) atoms. The molecule has 2 aromatic rings. The van der Waals surface area contributed by atoms with E-state index in [-0.39, 0.29) is 18.0 Å². The van der Waals surface area contributed by atoms with Crippen LogP contribution in [0.4, 0.5) is 0 Å². The molecule has 0 N–H and O–H groups in total. The van der Waals surface area contributed by atoms with Gasteiger partial charge in [-0.15, -0.1) is 6.58 Å². The number of hydrogen-bond donors (Lipinski definition) is 0. The number of aromatic nitrogens is 1. The van der Waals surface area contributed by atoms with Gasteiger partial charge in [0.05, 0.1) is 11.1 Å². The Morgan fingerprint density at radius 2 is 2.23 bits per heavy atom. The fourth-order valence-corrected chi connectivity index (χ4v) is 3.14. The molecular weight excluding hydrogens is 272 g/mol. The highest BCUT2D eigenvalue weighted by molar-refractivity contribution is 6.05. The van der Waals surface area contributed by atoms with Gasteiger partial charge >= 0.3 is 0 Å². The van der Waals surface area contributed by atoms with Crippen LogP contribution in [0, 0.1) is 0 Å². The van der Waals surface area contributed by atoms with Crippen LogP contribution in [-0.4, -0.2) is 27.9 Å². The smallest absolute Gasteiger partial charge is 0.256 e. The average Bonchev–Trinajstić information content (AvgIpc) is 2.54. The summed E-state index contributed by atoms with van der Waals surface area (Å²) in [7, 11) is 0. The Morgan fingerprint density at radius 1 is 1.41 bits per heavy atom. The Balaban J connectivity index is 2.04.